The van der Waals surface area contributed by atoms with E-state index in [1.54, 1.807) is 0 Å². The molecule has 0 spiro atoms. The van der Waals surface area contributed by atoms with Gasteiger partial charge in [0.15, 0.2) is 10.1 Å². The summed E-state index contributed by atoms with van der Waals surface area (Å²) < 4.78 is 58.9. The minimum atomic E-state index is -6.09. The van der Waals surface area contributed by atoms with Gasteiger partial charge in [-0.3, -0.25) is 0 Å². The van der Waals surface area contributed by atoms with Gasteiger partial charge in [0, 0.05) is 0 Å². The van der Waals surface area contributed by atoms with Gasteiger partial charge in [0.1, 0.15) is 0 Å². The zero-order chi connectivity index (χ0) is 7.00. The molecule has 0 amide bonds. The van der Waals surface area contributed by atoms with Gasteiger partial charge in [-0.25, -0.2) is 8.42 Å². The molecule has 50 valence electrons. The van der Waals surface area contributed by atoms with Crippen molar-refractivity contribution in [3.05, 3.63) is 0 Å². The largest absolute Gasteiger partial charge is 1.00 e. The molecule has 0 aliphatic carbocycles. The van der Waals surface area contributed by atoms with E-state index in [1.165, 1.54) is 0 Å². The number of hydrogen-bond acceptors (Lipinski definition) is 3. The first-order valence-electron chi connectivity index (χ1n) is 1.27. The van der Waals surface area contributed by atoms with Gasteiger partial charge in [0.05, 0.1) is 0 Å². The molecule has 0 aromatic rings. The zero-order valence-electron chi connectivity index (χ0n) is 4.27. The molecule has 0 N–H and O–H groups in total. The number of rotatable bonds is 0. The Kier molecular flexibility index (Phi) is 5.50. The molecule has 0 saturated carbocycles. The van der Waals surface area contributed by atoms with E-state index in [4.69, 9.17) is 13.0 Å². The van der Waals surface area contributed by atoms with Crippen molar-refractivity contribution in [2.24, 2.45) is 0 Å². The second kappa shape index (κ2) is 3.77. The molecule has 0 bridgehead atoms. The average Bonchev–Trinajstić information content (AvgIpc) is 1.25. The fourth-order valence-corrected chi connectivity index (χ4v) is 0. The molecule has 3 nitrogen and oxygen atoms in total. The van der Waals surface area contributed by atoms with Crippen LogP contribution in [-0.4, -0.2) is 18.5 Å². The van der Waals surface area contributed by atoms with Crippen LogP contribution in [0.3, 0.4) is 0 Å². The van der Waals surface area contributed by atoms with E-state index < -0.39 is 15.6 Å². The quantitative estimate of drug-likeness (QED) is 0.333. The van der Waals surface area contributed by atoms with Gasteiger partial charge in [-0.1, -0.05) is 0 Å². The van der Waals surface area contributed by atoms with E-state index >= 15 is 0 Å². The van der Waals surface area contributed by atoms with Gasteiger partial charge in [-0.2, -0.15) is 13.2 Å². The molecule has 0 unspecified atom stereocenters. The maximum absolute atomic E-state index is 10.7. The van der Waals surface area contributed by atoms with E-state index in [0.29, 0.717) is 0 Å². The molecule has 9 heavy (non-hydrogen) atoms. The molecular formula is CF3O3RbS. The molecular weight excluding hydrogens is 235 g/mol. The minimum Gasteiger partial charge on any atom is -0.741 e. The molecule has 0 aromatic carbocycles. The van der Waals surface area contributed by atoms with Gasteiger partial charge in [-0.15, -0.1) is 0 Å². The molecule has 0 rings (SSSR count). The van der Waals surface area contributed by atoms with Crippen molar-refractivity contribution in [3.8, 4) is 0 Å². The second-order valence-corrected chi connectivity index (χ2v) is 2.27. The summed E-state index contributed by atoms with van der Waals surface area (Å²) >= 11 is 0. The third-order valence-corrected chi connectivity index (χ3v) is 0.850. The van der Waals surface area contributed by atoms with Crippen LogP contribution < -0.4 is 58.2 Å². The first-order chi connectivity index (χ1) is 3.25. The van der Waals surface area contributed by atoms with Crippen LogP contribution in [0.4, 0.5) is 13.2 Å². The van der Waals surface area contributed by atoms with E-state index in [1.807, 2.05) is 0 Å². The molecule has 0 aliphatic rings. The third-order valence-electron chi connectivity index (χ3n) is 0.283. The molecule has 0 heterocycles. The minimum absolute atomic E-state index is 0. The number of hydrogen-bond donors (Lipinski definition) is 0. The summed E-state index contributed by atoms with van der Waals surface area (Å²) in [5.74, 6) is 0. The normalized spacial score (nSPS) is 12.4. The monoisotopic (exact) mass is 234 g/mol. The van der Waals surface area contributed by atoms with Crippen molar-refractivity contribution in [3.63, 3.8) is 0 Å². The number of alkyl halides is 3. The van der Waals surface area contributed by atoms with Crippen LogP contribution in [0.15, 0.2) is 0 Å². The molecule has 0 atom stereocenters. The number of halogens is 3. The maximum Gasteiger partial charge on any atom is 1.00 e. The fourth-order valence-electron chi connectivity index (χ4n) is 0. The summed E-state index contributed by atoms with van der Waals surface area (Å²) in [7, 11) is -6.09. The standard InChI is InChI=1S/CHF3O3S.Rb/c2-1(3,4)8(5,6)7;/h(H,5,6,7);/q;+1/p-1. The third kappa shape index (κ3) is 4.85. The molecule has 0 aliphatic heterocycles. The van der Waals surface area contributed by atoms with Crippen LogP contribution in [-0.2, 0) is 10.1 Å². The van der Waals surface area contributed by atoms with Crippen LogP contribution in [0.2, 0.25) is 0 Å². The van der Waals surface area contributed by atoms with Gasteiger partial charge in [-0.05, 0) is 0 Å². The molecule has 0 saturated heterocycles. The SMILES string of the molecule is O=S(=O)([O-])C(F)(F)F.[Rb+]. The van der Waals surface area contributed by atoms with Crippen molar-refractivity contribution in [2.45, 2.75) is 5.51 Å². The van der Waals surface area contributed by atoms with Crippen LogP contribution in [0.5, 0.6) is 0 Å². The molecule has 0 aromatic heterocycles. The Morgan fingerprint density at radius 1 is 1.22 bits per heavy atom. The summed E-state index contributed by atoms with van der Waals surface area (Å²) in [6.07, 6.45) is 0. The Balaban J connectivity index is 0. The smallest absolute Gasteiger partial charge is 0.741 e. The Labute approximate surface area is 98.2 Å². The first kappa shape index (κ1) is 13.1. The molecule has 0 fully saturated rings. The van der Waals surface area contributed by atoms with Gasteiger partial charge < -0.3 is 4.55 Å². The Hall–Kier alpha value is 1.51. The second-order valence-electron chi connectivity index (χ2n) is 0.900. The predicted octanol–water partition coefficient (Wildman–Crippen LogP) is -2.94. The summed E-state index contributed by atoms with van der Waals surface area (Å²) in [6, 6.07) is 0. The van der Waals surface area contributed by atoms with Crippen molar-refractivity contribution >= 4 is 10.1 Å². The Bertz CT molecular complexity index is 168. The maximum atomic E-state index is 10.7. The van der Waals surface area contributed by atoms with Crippen LogP contribution in [0.25, 0.3) is 0 Å². The first-order valence-corrected chi connectivity index (χ1v) is 2.68. The van der Waals surface area contributed by atoms with Crippen LogP contribution in [0.1, 0.15) is 0 Å². The predicted molar refractivity (Wildman–Crippen MR) is 15.8 cm³/mol. The van der Waals surface area contributed by atoms with E-state index in [2.05, 4.69) is 0 Å². The average molecular weight is 235 g/mol. The summed E-state index contributed by atoms with van der Waals surface area (Å²) in [5, 5.41) is 0. The van der Waals surface area contributed by atoms with Gasteiger partial charge >= 0.3 is 63.7 Å². The Morgan fingerprint density at radius 3 is 1.33 bits per heavy atom. The van der Waals surface area contributed by atoms with Crippen LogP contribution in [0, 0.1) is 0 Å². The zero-order valence-corrected chi connectivity index (χ0v) is 10.00. The van der Waals surface area contributed by atoms with E-state index in [0.717, 1.165) is 0 Å². The molecule has 8 heteroatoms. The topological polar surface area (TPSA) is 57.2 Å². The summed E-state index contributed by atoms with van der Waals surface area (Å²) in [4.78, 5) is 0. The summed E-state index contributed by atoms with van der Waals surface area (Å²) in [6.45, 7) is 0. The van der Waals surface area contributed by atoms with Gasteiger partial charge in [0.2, 0.25) is 0 Å². The van der Waals surface area contributed by atoms with Crippen molar-refractivity contribution in [1.29, 1.82) is 0 Å². The van der Waals surface area contributed by atoms with E-state index in [-0.39, 0.29) is 58.2 Å². The van der Waals surface area contributed by atoms with Crippen molar-refractivity contribution in [1.82, 2.24) is 0 Å². The van der Waals surface area contributed by atoms with E-state index in [9.17, 15) is 13.2 Å². The fraction of sp³-hybridized carbons (Fsp3) is 1.00. The van der Waals surface area contributed by atoms with Crippen LogP contribution >= 0.6 is 0 Å². The van der Waals surface area contributed by atoms with Crippen molar-refractivity contribution in [2.75, 3.05) is 0 Å². The van der Waals surface area contributed by atoms with Gasteiger partial charge in [0.25, 0.3) is 0 Å². The molecule has 0 radical (unpaired) electrons. The van der Waals surface area contributed by atoms with Crippen molar-refractivity contribution < 1.29 is 84.3 Å². The summed E-state index contributed by atoms with van der Waals surface area (Å²) in [5.41, 5.74) is -5.65. The Morgan fingerprint density at radius 2 is 1.33 bits per heavy atom.